The molecule has 1 aromatic carbocycles. The molecule has 0 aliphatic heterocycles. The predicted molar refractivity (Wildman–Crippen MR) is 97.0 cm³/mol. The number of pyridine rings is 1. The highest BCUT2D eigenvalue weighted by atomic mass is 32.2. The lowest BCUT2D eigenvalue weighted by Crippen LogP contribution is -2.30. The van der Waals surface area contributed by atoms with Gasteiger partial charge >= 0.3 is 0 Å². The van der Waals surface area contributed by atoms with Gasteiger partial charge in [0.1, 0.15) is 11.6 Å². The van der Waals surface area contributed by atoms with Crippen LogP contribution in [0.2, 0.25) is 0 Å². The van der Waals surface area contributed by atoms with Crippen molar-refractivity contribution >= 4 is 23.5 Å². The third-order valence-corrected chi connectivity index (χ3v) is 5.12. The molecule has 4 nitrogen and oxygen atoms in total. The van der Waals surface area contributed by atoms with Crippen LogP contribution in [0.25, 0.3) is 0 Å². The average molecular weight is 360 g/mol. The minimum absolute atomic E-state index is 0.0521. The van der Waals surface area contributed by atoms with Gasteiger partial charge in [-0.05, 0) is 49.6 Å². The highest BCUT2D eigenvalue weighted by molar-refractivity contribution is 8.00. The molecule has 0 fully saturated rings. The molecule has 1 amide bonds. The minimum Gasteiger partial charge on any atom is -0.356 e. The summed E-state index contributed by atoms with van der Waals surface area (Å²) in [7, 11) is 0. The third kappa shape index (κ3) is 6.31. The zero-order valence-corrected chi connectivity index (χ0v) is 15.1. The van der Waals surface area contributed by atoms with Gasteiger partial charge in [0.2, 0.25) is 5.91 Å². The maximum Gasteiger partial charge on any atom is 0.221 e. The second kappa shape index (κ2) is 9.32. The molecule has 6 heteroatoms. The van der Waals surface area contributed by atoms with Crippen LogP contribution in [0.3, 0.4) is 0 Å². The Bertz CT molecular complexity index is 734. The van der Waals surface area contributed by atoms with Crippen molar-refractivity contribution in [1.82, 2.24) is 10.3 Å². The van der Waals surface area contributed by atoms with Crippen molar-refractivity contribution in [3.8, 4) is 0 Å². The zero-order chi connectivity index (χ0) is 18.2. The Balaban J connectivity index is 1.84. The molecular weight excluding hydrogens is 339 g/mol. The Morgan fingerprint density at radius 3 is 2.60 bits per heavy atom. The first-order valence-corrected chi connectivity index (χ1v) is 8.93. The van der Waals surface area contributed by atoms with E-state index in [-0.39, 0.29) is 23.9 Å². The van der Waals surface area contributed by atoms with Crippen molar-refractivity contribution in [1.29, 1.82) is 0 Å². The van der Waals surface area contributed by atoms with Gasteiger partial charge in [-0.2, -0.15) is 0 Å². The third-order valence-electron chi connectivity index (χ3n) is 3.69. The number of halogens is 1. The Morgan fingerprint density at radius 2 is 1.96 bits per heavy atom. The number of carbonyl (C=O) groups excluding carboxylic acids is 2. The van der Waals surface area contributed by atoms with Gasteiger partial charge in [0.05, 0.1) is 10.3 Å². The number of carbonyl (C=O) groups is 2. The van der Waals surface area contributed by atoms with Crippen LogP contribution in [-0.4, -0.2) is 28.5 Å². The fraction of sp³-hybridized carbons (Fsp3) is 0.316. The summed E-state index contributed by atoms with van der Waals surface area (Å²) in [4.78, 5) is 28.2. The number of amides is 1. The van der Waals surface area contributed by atoms with E-state index in [1.807, 2.05) is 19.1 Å². The summed E-state index contributed by atoms with van der Waals surface area (Å²) in [6, 6.07) is 9.95. The minimum atomic E-state index is -0.459. The highest BCUT2D eigenvalue weighted by Crippen LogP contribution is 2.26. The van der Waals surface area contributed by atoms with Crippen molar-refractivity contribution in [3.05, 3.63) is 59.5 Å². The first-order valence-electron chi connectivity index (χ1n) is 8.05. The Morgan fingerprint density at radius 1 is 1.24 bits per heavy atom. The first-order chi connectivity index (χ1) is 12.0. The molecule has 2 rings (SSSR count). The summed E-state index contributed by atoms with van der Waals surface area (Å²) in [5, 5.41) is 3.12. The van der Waals surface area contributed by atoms with Crippen LogP contribution in [0.15, 0.2) is 47.6 Å². The lowest BCUT2D eigenvalue weighted by atomic mass is 10.1. The molecule has 132 valence electrons. The maximum atomic E-state index is 12.9. The summed E-state index contributed by atoms with van der Waals surface area (Å²) in [6.07, 6.45) is 2.40. The standard InChI is InChI=1S/C19H21FN2O2S/c1-13-4-3-10-22-19(13)25-17(14(2)23)12-18(24)21-11-9-15-5-7-16(20)8-6-15/h3-8,10,17H,9,11-12H2,1-2H3,(H,21,24). The van der Waals surface area contributed by atoms with E-state index < -0.39 is 5.25 Å². The van der Waals surface area contributed by atoms with E-state index >= 15 is 0 Å². The van der Waals surface area contributed by atoms with Crippen molar-refractivity contribution < 1.29 is 14.0 Å². The Kier molecular flexibility index (Phi) is 7.13. The van der Waals surface area contributed by atoms with E-state index in [0.29, 0.717) is 13.0 Å². The topological polar surface area (TPSA) is 59.1 Å². The van der Waals surface area contributed by atoms with Gasteiger partial charge in [-0.1, -0.05) is 30.0 Å². The number of thioether (sulfide) groups is 1. The molecule has 0 saturated heterocycles. The molecule has 1 atom stereocenters. The van der Waals surface area contributed by atoms with E-state index in [1.54, 1.807) is 18.3 Å². The van der Waals surface area contributed by atoms with E-state index in [4.69, 9.17) is 0 Å². The van der Waals surface area contributed by atoms with Crippen LogP contribution < -0.4 is 5.32 Å². The summed E-state index contributed by atoms with van der Waals surface area (Å²) in [5.74, 6) is -0.508. The van der Waals surface area contributed by atoms with Gasteiger partial charge in [0.15, 0.2) is 0 Å². The molecular formula is C19H21FN2O2S. The molecule has 1 aromatic heterocycles. The Labute approximate surface area is 151 Å². The second-order valence-electron chi connectivity index (χ2n) is 5.77. The van der Waals surface area contributed by atoms with Gasteiger partial charge in [-0.25, -0.2) is 9.37 Å². The fourth-order valence-corrected chi connectivity index (χ4v) is 3.28. The van der Waals surface area contributed by atoms with Gasteiger partial charge in [-0.15, -0.1) is 0 Å². The zero-order valence-electron chi connectivity index (χ0n) is 14.3. The lowest BCUT2D eigenvalue weighted by molar-refractivity contribution is -0.124. The molecule has 0 saturated carbocycles. The molecule has 1 unspecified atom stereocenters. The molecule has 0 bridgehead atoms. The SMILES string of the molecule is CC(=O)C(CC(=O)NCCc1ccc(F)cc1)Sc1ncccc1C. The van der Waals surface area contributed by atoms with Crippen LogP contribution in [0, 0.1) is 12.7 Å². The van der Waals surface area contributed by atoms with Crippen LogP contribution in [-0.2, 0) is 16.0 Å². The maximum absolute atomic E-state index is 12.9. The van der Waals surface area contributed by atoms with Gasteiger partial charge in [0.25, 0.3) is 0 Å². The van der Waals surface area contributed by atoms with Gasteiger partial charge in [-0.3, -0.25) is 9.59 Å². The number of nitrogens with one attached hydrogen (secondary N) is 1. The van der Waals surface area contributed by atoms with E-state index in [1.165, 1.54) is 30.8 Å². The summed E-state index contributed by atoms with van der Waals surface area (Å²) in [6.45, 7) is 3.86. The number of Topliss-reactive ketones (excluding diaryl/α,β-unsaturated/α-hetero) is 1. The number of ketones is 1. The van der Waals surface area contributed by atoms with E-state index in [0.717, 1.165) is 16.2 Å². The van der Waals surface area contributed by atoms with Crippen molar-refractivity contribution in [2.45, 2.75) is 37.0 Å². The van der Waals surface area contributed by atoms with E-state index in [9.17, 15) is 14.0 Å². The van der Waals surface area contributed by atoms with Gasteiger partial charge < -0.3 is 5.32 Å². The summed E-state index contributed by atoms with van der Waals surface area (Å²) >= 11 is 1.32. The van der Waals surface area contributed by atoms with Crippen LogP contribution >= 0.6 is 11.8 Å². The number of hydrogen-bond donors (Lipinski definition) is 1. The predicted octanol–water partition coefficient (Wildman–Crippen LogP) is 3.33. The van der Waals surface area contributed by atoms with Crippen LogP contribution in [0.1, 0.15) is 24.5 Å². The first kappa shape index (κ1) is 19.1. The fourth-order valence-electron chi connectivity index (χ4n) is 2.24. The Hall–Kier alpha value is -2.21. The van der Waals surface area contributed by atoms with Gasteiger partial charge in [0, 0.05) is 19.2 Å². The smallest absolute Gasteiger partial charge is 0.221 e. The summed E-state index contributed by atoms with van der Waals surface area (Å²) in [5.41, 5.74) is 1.93. The lowest BCUT2D eigenvalue weighted by Gasteiger charge is -2.14. The summed E-state index contributed by atoms with van der Waals surface area (Å²) < 4.78 is 12.9. The number of nitrogens with zero attached hydrogens (tertiary/aromatic N) is 1. The van der Waals surface area contributed by atoms with Crippen molar-refractivity contribution in [2.24, 2.45) is 0 Å². The quantitative estimate of drug-likeness (QED) is 0.734. The van der Waals surface area contributed by atoms with Crippen LogP contribution in [0.4, 0.5) is 4.39 Å². The number of rotatable bonds is 8. The molecule has 1 N–H and O–H groups in total. The second-order valence-corrected chi connectivity index (χ2v) is 6.96. The molecule has 25 heavy (non-hydrogen) atoms. The number of hydrogen-bond acceptors (Lipinski definition) is 4. The monoisotopic (exact) mass is 360 g/mol. The largest absolute Gasteiger partial charge is 0.356 e. The average Bonchev–Trinajstić information content (AvgIpc) is 2.58. The normalized spacial score (nSPS) is 11.8. The molecule has 0 aliphatic carbocycles. The molecule has 0 aliphatic rings. The van der Waals surface area contributed by atoms with Crippen LogP contribution in [0.5, 0.6) is 0 Å². The van der Waals surface area contributed by atoms with Crippen molar-refractivity contribution in [2.75, 3.05) is 6.54 Å². The number of benzene rings is 1. The number of aryl methyl sites for hydroxylation is 1. The number of aromatic nitrogens is 1. The molecule has 0 radical (unpaired) electrons. The van der Waals surface area contributed by atoms with E-state index in [2.05, 4.69) is 10.3 Å². The molecule has 1 heterocycles. The molecule has 2 aromatic rings. The molecule has 0 spiro atoms. The highest BCUT2D eigenvalue weighted by Gasteiger charge is 2.21. The van der Waals surface area contributed by atoms with Crippen molar-refractivity contribution in [3.63, 3.8) is 0 Å².